The van der Waals surface area contributed by atoms with E-state index < -0.39 is 11.9 Å². The van der Waals surface area contributed by atoms with E-state index in [4.69, 9.17) is 13.9 Å². The van der Waals surface area contributed by atoms with Crippen LogP contribution in [0.5, 0.6) is 0 Å². The van der Waals surface area contributed by atoms with Gasteiger partial charge in [-0.15, -0.1) is 0 Å². The maximum Gasteiger partial charge on any atom is 0.339 e. The highest BCUT2D eigenvalue weighted by molar-refractivity contribution is 5.96. The summed E-state index contributed by atoms with van der Waals surface area (Å²) in [4.78, 5) is 23.2. The highest BCUT2D eigenvalue weighted by Gasteiger charge is 2.22. The summed E-state index contributed by atoms with van der Waals surface area (Å²) < 4.78 is 10.7. The second kappa shape index (κ2) is 5.87. The summed E-state index contributed by atoms with van der Waals surface area (Å²) in [5, 5.41) is 11.8. The molecule has 1 atom stereocenters. The van der Waals surface area contributed by atoms with Crippen LogP contribution in [-0.4, -0.2) is 17.0 Å². The number of carboxylic acids is 1. The molecule has 0 saturated heterocycles. The van der Waals surface area contributed by atoms with Crippen molar-refractivity contribution in [3.05, 3.63) is 46.8 Å². The fourth-order valence-corrected chi connectivity index (χ4v) is 2.01. The first-order valence-electron chi connectivity index (χ1n) is 6.65. The summed E-state index contributed by atoms with van der Waals surface area (Å²) in [5.41, 5.74) is 0.0177. The van der Waals surface area contributed by atoms with Gasteiger partial charge in [0.1, 0.15) is 22.8 Å². The molecule has 0 radical (unpaired) electrons. The Morgan fingerprint density at radius 1 is 1.33 bits per heavy atom. The minimum absolute atomic E-state index is 0.0145. The molecule has 0 aliphatic carbocycles. The minimum Gasteiger partial charge on any atom is -0.478 e. The zero-order valence-corrected chi connectivity index (χ0v) is 12.1. The van der Waals surface area contributed by atoms with Crippen molar-refractivity contribution in [1.29, 1.82) is 0 Å². The molecular weight excluding hydrogens is 274 g/mol. The van der Waals surface area contributed by atoms with Crippen LogP contribution in [0.15, 0.2) is 27.0 Å². The lowest BCUT2D eigenvalue weighted by molar-refractivity contribution is 0.0694. The molecule has 6 heteroatoms. The first-order chi connectivity index (χ1) is 9.92. The fourth-order valence-electron chi connectivity index (χ4n) is 2.01. The smallest absolute Gasteiger partial charge is 0.339 e. The van der Waals surface area contributed by atoms with Crippen LogP contribution in [0.2, 0.25) is 0 Å². The third-order valence-electron chi connectivity index (χ3n) is 3.12. The van der Waals surface area contributed by atoms with Crippen LogP contribution < -0.4 is 5.32 Å². The van der Waals surface area contributed by atoms with E-state index in [1.807, 2.05) is 13.0 Å². The SMILES string of the molecule is CCc1oc(C(=O)NC(C)c2ccc(C)o2)cc1C(=O)O. The summed E-state index contributed by atoms with van der Waals surface area (Å²) in [6.07, 6.45) is 0.405. The van der Waals surface area contributed by atoms with Crippen molar-refractivity contribution in [1.82, 2.24) is 5.32 Å². The molecule has 0 bridgehead atoms. The number of amides is 1. The molecule has 2 heterocycles. The molecule has 0 aliphatic rings. The molecule has 0 saturated carbocycles. The highest BCUT2D eigenvalue weighted by Crippen LogP contribution is 2.19. The molecule has 2 N–H and O–H groups in total. The molecule has 1 amide bonds. The van der Waals surface area contributed by atoms with Gasteiger partial charge in [-0.2, -0.15) is 0 Å². The Hall–Kier alpha value is -2.50. The van der Waals surface area contributed by atoms with Gasteiger partial charge >= 0.3 is 5.97 Å². The average Bonchev–Trinajstić information content (AvgIpc) is 3.04. The van der Waals surface area contributed by atoms with Crippen molar-refractivity contribution in [2.24, 2.45) is 0 Å². The topological polar surface area (TPSA) is 92.7 Å². The summed E-state index contributed by atoms with van der Waals surface area (Å²) in [7, 11) is 0. The Morgan fingerprint density at radius 3 is 2.52 bits per heavy atom. The molecule has 1 unspecified atom stereocenters. The average molecular weight is 291 g/mol. The number of hydrogen-bond donors (Lipinski definition) is 2. The van der Waals surface area contributed by atoms with Crippen LogP contribution in [0.4, 0.5) is 0 Å². The Balaban J connectivity index is 2.15. The Bertz CT molecular complexity index is 667. The number of hydrogen-bond acceptors (Lipinski definition) is 4. The number of carboxylic acid groups (broad SMARTS) is 1. The lowest BCUT2D eigenvalue weighted by atomic mass is 10.2. The van der Waals surface area contributed by atoms with E-state index in [-0.39, 0.29) is 23.1 Å². The number of furan rings is 2. The van der Waals surface area contributed by atoms with Gasteiger partial charge in [0, 0.05) is 12.5 Å². The zero-order chi connectivity index (χ0) is 15.6. The molecule has 0 aromatic carbocycles. The van der Waals surface area contributed by atoms with Gasteiger partial charge in [0.15, 0.2) is 5.76 Å². The zero-order valence-electron chi connectivity index (χ0n) is 12.1. The van der Waals surface area contributed by atoms with E-state index in [0.717, 1.165) is 5.76 Å². The van der Waals surface area contributed by atoms with Crippen LogP contribution >= 0.6 is 0 Å². The molecule has 21 heavy (non-hydrogen) atoms. The van der Waals surface area contributed by atoms with Crippen LogP contribution in [0, 0.1) is 6.92 Å². The molecule has 0 spiro atoms. The van der Waals surface area contributed by atoms with E-state index in [1.54, 1.807) is 19.9 Å². The molecule has 0 aliphatic heterocycles. The van der Waals surface area contributed by atoms with Crippen LogP contribution in [0.1, 0.15) is 58.1 Å². The number of nitrogens with one attached hydrogen (secondary N) is 1. The van der Waals surface area contributed by atoms with Gasteiger partial charge in [0.05, 0.1) is 6.04 Å². The van der Waals surface area contributed by atoms with Crippen molar-refractivity contribution < 1.29 is 23.5 Å². The van der Waals surface area contributed by atoms with Crippen LogP contribution in [0.3, 0.4) is 0 Å². The van der Waals surface area contributed by atoms with Gasteiger partial charge < -0.3 is 19.3 Å². The van der Waals surface area contributed by atoms with Gasteiger partial charge in [-0.25, -0.2) is 4.79 Å². The first kappa shape index (κ1) is 14.9. The summed E-state index contributed by atoms with van der Waals surface area (Å²) in [6.45, 7) is 5.36. The monoisotopic (exact) mass is 291 g/mol. The molecule has 0 fully saturated rings. The number of aryl methyl sites for hydroxylation is 2. The van der Waals surface area contributed by atoms with Crippen molar-refractivity contribution in [2.45, 2.75) is 33.2 Å². The molecule has 2 rings (SSSR count). The molecule has 2 aromatic rings. The number of carbonyl (C=O) groups excluding carboxylic acids is 1. The normalized spacial score (nSPS) is 12.1. The van der Waals surface area contributed by atoms with E-state index in [2.05, 4.69) is 5.32 Å². The maximum atomic E-state index is 12.1. The predicted octanol–water partition coefficient (Wildman–Crippen LogP) is 2.93. The summed E-state index contributed by atoms with van der Waals surface area (Å²) in [5.74, 6) is 0.0729. The van der Waals surface area contributed by atoms with E-state index >= 15 is 0 Å². The maximum absolute atomic E-state index is 12.1. The fraction of sp³-hybridized carbons (Fsp3) is 0.333. The van der Waals surface area contributed by atoms with Gasteiger partial charge in [0.2, 0.25) is 0 Å². The quantitative estimate of drug-likeness (QED) is 0.883. The molecular formula is C15H17NO5. The number of aromatic carboxylic acids is 1. The largest absolute Gasteiger partial charge is 0.478 e. The van der Waals surface area contributed by atoms with Crippen molar-refractivity contribution in [3.8, 4) is 0 Å². The summed E-state index contributed by atoms with van der Waals surface area (Å²) in [6, 6.07) is 4.50. The first-order valence-corrected chi connectivity index (χ1v) is 6.65. The van der Waals surface area contributed by atoms with Crippen molar-refractivity contribution >= 4 is 11.9 Å². The predicted molar refractivity (Wildman–Crippen MR) is 74.4 cm³/mol. The third-order valence-corrected chi connectivity index (χ3v) is 3.12. The van der Waals surface area contributed by atoms with Crippen LogP contribution in [-0.2, 0) is 6.42 Å². The summed E-state index contributed by atoms with van der Waals surface area (Å²) >= 11 is 0. The van der Waals surface area contributed by atoms with Gasteiger partial charge in [-0.3, -0.25) is 4.79 Å². The van der Waals surface area contributed by atoms with Gasteiger partial charge in [0.25, 0.3) is 5.91 Å². The van der Waals surface area contributed by atoms with Gasteiger partial charge in [-0.1, -0.05) is 6.92 Å². The van der Waals surface area contributed by atoms with E-state index in [1.165, 1.54) is 6.07 Å². The second-order valence-electron chi connectivity index (χ2n) is 4.75. The van der Waals surface area contributed by atoms with E-state index in [0.29, 0.717) is 12.2 Å². The number of carbonyl (C=O) groups is 2. The number of rotatable bonds is 5. The Morgan fingerprint density at radius 2 is 2.05 bits per heavy atom. The standard InChI is InChI=1S/C15H17NO5/c1-4-11-10(15(18)19)7-13(21-11)14(17)16-9(3)12-6-5-8(2)20-12/h5-7,9H,4H2,1-3H3,(H,16,17)(H,18,19). The highest BCUT2D eigenvalue weighted by atomic mass is 16.4. The van der Waals surface area contributed by atoms with Crippen molar-refractivity contribution in [2.75, 3.05) is 0 Å². The Kier molecular flexibility index (Phi) is 4.16. The second-order valence-corrected chi connectivity index (χ2v) is 4.75. The lowest BCUT2D eigenvalue weighted by Crippen LogP contribution is -2.26. The third kappa shape index (κ3) is 3.16. The Labute approximate surface area is 121 Å². The van der Waals surface area contributed by atoms with Gasteiger partial charge in [-0.05, 0) is 26.0 Å². The minimum atomic E-state index is -1.11. The van der Waals surface area contributed by atoms with E-state index in [9.17, 15) is 9.59 Å². The molecule has 6 nitrogen and oxygen atoms in total. The van der Waals surface area contributed by atoms with Crippen molar-refractivity contribution in [3.63, 3.8) is 0 Å². The molecule has 2 aromatic heterocycles. The molecule has 112 valence electrons. The lowest BCUT2D eigenvalue weighted by Gasteiger charge is -2.09. The van der Waals surface area contributed by atoms with Crippen LogP contribution in [0.25, 0.3) is 0 Å².